The van der Waals surface area contributed by atoms with E-state index in [1.807, 2.05) is 0 Å². The summed E-state index contributed by atoms with van der Waals surface area (Å²) < 4.78 is 0. The maximum atomic E-state index is 5.95. The summed E-state index contributed by atoms with van der Waals surface area (Å²) in [6, 6.07) is 0.288. The molecule has 0 aromatic rings. The van der Waals surface area contributed by atoms with Crippen LogP contribution in [0.1, 0.15) is 25.7 Å². The second-order valence-corrected chi connectivity index (χ2v) is 4.87. The fraction of sp³-hybridized carbons (Fsp3) is 1.00. The lowest BCUT2D eigenvalue weighted by molar-refractivity contribution is 0.512. The highest BCUT2D eigenvalue weighted by Gasteiger charge is 2.00. The summed E-state index contributed by atoms with van der Waals surface area (Å²) in [6.07, 6.45) is 4.14. The second kappa shape index (κ2) is 15.8. The molecule has 0 fully saturated rings. The monoisotopic (exact) mass is 274 g/mol. The van der Waals surface area contributed by atoms with Gasteiger partial charge in [-0.25, -0.2) is 0 Å². The molecule has 0 aliphatic heterocycles. The van der Waals surface area contributed by atoms with Crippen LogP contribution in [0.25, 0.3) is 0 Å². The van der Waals surface area contributed by atoms with Crippen LogP contribution in [0.3, 0.4) is 0 Å². The van der Waals surface area contributed by atoms with Crippen molar-refractivity contribution in [3.63, 3.8) is 0 Å². The molecule has 0 bridgehead atoms. The van der Waals surface area contributed by atoms with Gasteiger partial charge in [0.2, 0.25) is 0 Å². The molecule has 1 atom stereocenters. The van der Waals surface area contributed by atoms with Crippen molar-refractivity contribution in [3.8, 4) is 0 Å². The molecule has 0 aromatic carbocycles. The standard InChI is InChI=1S/C13H34N6/c14-5-1-3-13(16)4-8-18-10-12-19-11-9-17-7-2-6-15/h13,17-19H,1-12,14-16H2. The molecule has 0 amide bonds. The van der Waals surface area contributed by atoms with E-state index in [1.165, 1.54) is 0 Å². The summed E-state index contributed by atoms with van der Waals surface area (Å²) in [5, 5.41) is 10.1. The van der Waals surface area contributed by atoms with E-state index >= 15 is 0 Å². The molecule has 0 saturated carbocycles. The van der Waals surface area contributed by atoms with E-state index in [0.717, 1.165) is 78.0 Å². The van der Waals surface area contributed by atoms with Crippen LogP contribution < -0.4 is 33.2 Å². The number of nitrogens with one attached hydrogen (secondary N) is 3. The fourth-order valence-corrected chi connectivity index (χ4v) is 1.77. The van der Waals surface area contributed by atoms with Gasteiger partial charge in [-0.3, -0.25) is 0 Å². The van der Waals surface area contributed by atoms with Crippen molar-refractivity contribution in [1.29, 1.82) is 0 Å². The van der Waals surface area contributed by atoms with Crippen LogP contribution in [0.4, 0.5) is 0 Å². The molecule has 1 unspecified atom stereocenters. The predicted octanol–water partition coefficient (Wildman–Crippen LogP) is -1.44. The second-order valence-electron chi connectivity index (χ2n) is 4.87. The van der Waals surface area contributed by atoms with Crippen molar-refractivity contribution < 1.29 is 0 Å². The first-order valence-corrected chi connectivity index (χ1v) is 7.59. The van der Waals surface area contributed by atoms with Crippen molar-refractivity contribution in [3.05, 3.63) is 0 Å². The van der Waals surface area contributed by atoms with Crippen LogP contribution in [0, 0.1) is 0 Å². The lowest BCUT2D eigenvalue weighted by atomic mass is 10.1. The van der Waals surface area contributed by atoms with Gasteiger partial charge in [-0.15, -0.1) is 0 Å². The Morgan fingerprint density at radius 1 is 0.632 bits per heavy atom. The van der Waals surface area contributed by atoms with E-state index in [9.17, 15) is 0 Å². The zero-order valence-electron chi connectivity index (χ0n) is 12.3. The maximum absolute atomic E-state index is 5.95. The molecule has 0 spiro atoms. The fourth-order valence-electron chi connectivity index (χ4n) is 1.77. The molecular formula is C13H34N6. The maximum Gasteiger partial charge on any atom is 0.00772 e. The third kappa shape index (κ3) is 15.7. The van der Waals surface area contributed by atoms with Gasteiger partial charge in [-0.2, -0.15) is 0 Å². The molecule has 116 valence electrons. The van der Waals surface area contributed by atoms with Crippen LogP contribution in [0.2, 0.25) is 0 Å². The third-order valence-corrected chi connectivity index (χ3v) is 2.99. The Morgan fingerprint density at radius 3 is 1.74 bits per heavy atom. The highest BCUT2D eigenvalue weighted by molar-refractivity contribution is 4.64. The predicted molar refractivity (Wildman–Crippen MR) is 83.2 cm³/mol. The first kappa shape index (κ1) is 18.8. The Kier molecular flexibility index (Phi) is 15.6. The molecule has 0 aromatic heterocycles. The minimum absolute atomic E-state index is 0.288. The average molecular weight is 274 g/mol. The quantitative estimate of drug-likeness (QED) is 0.204. The normalized spacial score (nSPS) is 12.8. The molecule has 0 radical (unpaired) electrons. The van der Waals surface area contributed by atoms with Gasteiger partial charge in [0.25, 0.3) is 0 Å². The van der Waals surface area contributed by atoms with E-state index in [2.05, 4.69) is 16.0 Å². The van der Waals surface area contributed by atoms with E-state index in [1.54, 1.807) is 0 Å². The first-order chi connectivity index (χ1) is 9.31. The number of hydrogen-bond donors (Lipinski definition) is 6. The molecule has 19 heavy (non-hydrogen) atoms. The van der Waals surface area contributed by atoms with E-state index in [-0.39, 0.29) is 6.04 Å². The summed E-state index contributed by atoms with van der Waals surface area (Å²) in [5.74, 6) is 0. The van der Waals surface area contributed by atoms with Gasteiger partial charge in [-0.1, -0.05) is 0 Å². The molecule has 0 heterocycles. The summed E-state index contributed by atoms with van der Waals surface area (Å²) in [5.41, 5.74) is 16.8. The number of hydrogen-bond acceptors (Lipinski definition) is 6. The van der Waals surface area contributed by atoms with Gasteiger partial charge in [0.1, 0.15) is 0 Å². The largest absolute Gasteiger partial charge is 0.330 e. The Morgan fingerprint density at radius 2 is 1.16 bits per heavy atom. The lowest BCUT2D eigenvalue weighted by Crippen LogP contribution is -2.34. The molecule has 9 N–H and O–H groups in total. The number of rotatable bonds is 15. The number of nitrogens with two attached hydrogens (primary N) is 3. The van der Waals surface area contributed by atoms with Crippen molar-refractivity contribution in [2.45, 2.75) is 31.7 Å². The van der Waals surface area contributed by atoms with E-state index < -0.39 is 0 Å². The summed E-state index contributed by atoms with van der Waals surface area (Å²) in [6.45, 7) is 7.50. The first-order valence-electron chi connectivity index (χ1n) is 7.59. The smallest absolute Gasteiger partial charge is 0.00772 e. The van der Waals surface area contributed by atoms with Gasteiger partial charge < -0.3 is 33.2 Å². The van der Waals surface area contributed by atoms with Gasteiger partial charge in [-0.05, 0) is 51.9 Å². The SMILES string of the molecule is NCCCNCCNCCNCCC(N)CCCN. The van der Waals surface area contributed by atoms with Crippen molar-refractivity contribution in [2.24, 2.45) is 17.2 Å². The molecule has 6 heteroatoms. The average Bonchev–Trinajstić information content (AvgIpc) is 2.42. The van der Waals surface area contributed by atoms with E-state index in [4.69, 9.17) is 17.2 Å². The summed E-state index contributed by atoms with van der Waals surface area (Å²) in [4.78, 5) is 0. The van der Waals surface area contributed by atoms with E-state index in [0.29, 0.717) is 0 Å². The highest BCUT2D eigenvalue weighted by Crippen LogP contribution is 1.96. The minimum atomic E-state index is 0.288. The molecule has 0 aliphatic carbocycles. The Balaban J connectivity index is 3.02. The van der Waals surface area contributed by atoms with Gasteiger partial charge in [0.05, 0.1) is 0 Å². The zero-order chi connectivity index (χ0) is 14.2. The van der Waals surface area contributed by atoms with Crippen LogP contribution in [-0.4, -0.2) is 58.4 Å². The van der Waals surface area contributed by atoms with Crippen molar-refractivity contribution in [2.75, 3.05) is 52.4 Å². The minimum Gasteiger partial charge on any atom is -0.330 e. The molecular weight excluding hydrogens is 240 g/mol. The van der Waals surface area contributed by atoms with Crippen LogP contribution in [0.5, 0.6) is 0 Å². The van der Waals surface area contributed by atoms with Gasteiger partial charge >= 0.3 is 0 Å². The Labute approximate surface area is 118 Å². The molecule has 0 saturated heterocycles. The topological polar surface area (TPSA) is 114 Å². The molecule has 6 nitrogen and oxygen atoms in total. The Bertz CT molecular complexity index is 167. The van der Waals surface area contributed by atoms with Crippen LogP contribution in [-0.2, 0) is 0 Å². The highest BCUT2D eigenvalue weighted by atomic mass is 15.0. The lowest BCUT2D eigenvalue weighted by Gasteiger charge is -2.11. The van der Waals surface area contributed by atoms with Crippen molar-refractivity contribution in [1.82, 2.24) is 16.0 Å². The Hall–Kier alpha value is -0.240. The van der Waals surface area contributed by atoms with Gasteiger partial charge in [0, 0.05) is 32.2 Å². The van der Waals surface area contributed by atoms with Crippen molar-refractivity contribution >= 4 is 0 Å². The summed E-state index contributed by atoms with van der Waals surface area (Å²) in [7, 11) is 0. The third-order valence-electron chi connectivity index (χ3n) is 2.99. The zero-order valence-corrected chi connectivity index (χ0v) is 12.3. The molecule has 0 aliphatic rings. The van der Waals surface area contributed by atoms with Crippen LogP contribution in [0.15, 0.2) is 0 Å². The molecule has 0 rings (SSSR count). The van der Waals surface area contributed by atoms with Gasteiger partial charge in [0.15, 0.2) is 0 Å². The summed E-state index contributed by atoms with van der Waals surface area (Å²) >= 11 is 0. The van der Waals surface area contributed by atoms with Crippen LogP contribution >= 0.6 is 0 Å².